The van der Waals surface area contributed by atoms with Crippen molar-refractivity contribution in [3.63, 3.8) is 0 Å². The quantitative estimate of drug-likeness (QED) is 0.190. The third-order valence-electron chi connectivity index (χ3n) is 12.2. The molecular formula is C41H63N7O10. The lowest BCUT2D eigenvalue weighted by molar-refractivity contribution is -0.289. The number of esters is 1. The van der Waals surface area contributed by atoms with E-state index in [9.17, 15) is 24.3 Å². The van der Waals surface area contributed by atoms with Crippen LogP contribution in [0.2, 0.25) is 0 Å². The first-order valence-electron chi connectivity index (χ1n) is 20.5. The van der Waals surface area contributed by atoms with E-state index in [1.54, 1.807) is 43.5 Å². The Morgan fingerprint density at radius 1 is 1.05 bits per heavy atom. The van der Waals surface area contributed by atoms with E-state index >= 15 is 0 Å². The number of hydrogen-bond acceptors (Lipinski definition) is 14. The lowest BCUT2D eigenvalue weighted by Gasteiger charge is -2.45. The van der Waals surface area contributed by atoms with Crippen LogP contribution < -0.4 is 5.32 Å². The van der Waals surface area contributed by atoms with Gasteiger partial charge in [-0.2, -0.15) is 0 Å². The molecule has 3 saturated heterocycles. The Morgan fingerprint density at radius 3 is 2.43 bits per heavy atom. The van der Waals surface area contributed by atoms with E-state index in [1.807, 2.05) is 57.2 Å². The van der Waals surface area contributed by atoms with Crippen LogP contribution in [0.5, 0.6) is 0 Å². The number of pyridine rings is 1. The highest BCUT2D eigenvalue weighted by Gasteiger charge is 2.59. The standard InChI is InChI=1S/C41H63N7O10/c1-11-32-41(7)35(48(39(53)58-41)19-15-14-18-47-23-29(44-45-47)28-16-12-13-17-42-28)27(5)43-36(51)24(2)22-40(6,54-10)33(21-31(49)26(4)37(52)56-32)57-38-34(50)30(46(8)9)20-25(3)55-38/h12-13,16-17,23-27,30,32-35,38,50H,11,14-15,18-22H2,1-10H3,(H,43,51)/t24-,25-,26-,27-,30?,32-,33-,34?,35-,38+,40-,41-/m1/s1. The largest absolute Gasteiger partial charge is 0.458 e. The van der Waals surface area contributed by atoms with Crippen molar-refractivity contribution in [3.8, 4) is 11.4 Å². The summed E-state index contributed by atoms with van der Waals surface area (Å²) in [6.07, 6.45) is 0.395. The molecule has 3 fully saturated rings. The van der Waals surface area contributed by atoms with Gasteiger partial charge in [-0.3, -0.25) is 28.9 Å². The number of likely N-dealkylation sites (N-methyl/N-ethyl adjacent to an activating group) is 1. The minimum Gasteiger partial charge on any atom is -0.458 e. The molecule has 3 aliphatic heterocycles. The summed E-state index contributed by atoms with van der Waals surface area (Å²) in [6, 6.07) is 3.90. The molecule has 0 saturated carbocycles. The molecule has 12 atom stereocenters. The van der Waals surface area contributed by atoms with E-state index in [4.69, 9.17) is 23.7 Å². The van der Waals surface area contributed by atoms with Crippen molar-refractivity contribution in [1.82, 2.24) is 35.1 Å². The molecule has 2 N–H and O–H groups in total. The molecule has 2 unspecified atom stereocenters. The molecule has 2 amide bonds. The maximum absolute atomic E-state index is 14.1. The molecule has 2 aromatic rings. The van der Waals surface area contributed by atoms with E-state index in [0.717, 1.165) is 5.69 Å². The molecule has 0 aliphatic carbocycles. The number of aromatic nitrogens is 4. The number of methoxy groups -OCH3 is 1. The molecule has 0 spiro atoms. The first-order valence-corrected chi connectivity index (χ1v) is 20.5. The van der Waals surface area contributed by atoms with Crippen LogP contribution in [0.4, 0.5) is 4.79 Å². The Balaban J connectivity index is 1.39. The fourth-order valence-corrected chi connectivity index (χ4v) is 8.63. The summed E-state index contributed by atoms with van der Waals surface area (Å²) in [4.78, 5) is 63.6. The predicted molar refractivity (Wildman–Crippen MR) is 211 cm³/mol. The van der Waals surface area contributed by atoms with Crippen LogP contribution >= 0.6 is 0 Å². The summed E-state index contributed by atoms with van der Waals surface area (Å²) in [5.74, 6) is -3.48. The van der Waals surface area contributed by atoms with Crippen molar-refractivity contribution in [2.75, 3.05) is 27.7 Å². The third-order valence-corrected chi connectivity index (χ3v) is 12.2. The number of carbonyl (C=O) groups excluding carboxylic acids is 4. The zero-order chi connectivity index (χ0) is 42.5. The number of aryl methyl sites for hydroxylation is 1. The smallest absolute Gasteiger partial charge is 0.410 e. The zero-order valence-corrected chi connectivity index (χ0v) is 35.6. The number of cyclic esters (lactones) is 1. The van der Waals surface area contributed by atoms with Crippen LogP contribution in [0.3, 0.4) is 0 Å². The number of hydrogen-bond donors (Lipinski definition) is 2. The topological polar surface area (TPSA) is 197 Å². The number of carbonyl (C=O) groups is 4. The van der Waals surface area contributed by atoms with Gasteiger partial charge in [0.1, 0.15) is 29.6 Å². The maximum Gasteiger partial charge on any atom is 0.410 e. The van der Waals surface area contributed by atoms with Crippen molar-refractivity contribution >= 4 is 23.8 Å². The van der Waals surface area contributed by atoms with E-state index < -0.39 is 77.6 Å². The number of rotatable bonds is 11. The average Bonchev–Trinajstić information content (AvgIpc) is 3.77. The Morgan fingerprint density at radius 2 is 1.78 bits per heavy atom. The minimum atomic E-state index is -1.38. The number of aliphatic hydroxyl groups is 1. The first kappa shape index (κ1) is 45.1. The normalized spacial score (nSPS) is 35.5. The highest BCUT2D eigenvalue weighted by atomic mass is 16.7. The Bertz CT molecular complexity index is 1730. The van der Waals surface area contributed by atoms with Gasteiger partial charge in [0.25, 0.3) is 0 Å². The average molecular weight is 814 g/mol. The van der Waals surface area contributed by atoms with E-state index in [1.165, 1.54) is 14.0 Å². The van der Waals surface area contributed by atoms with Gasteiger partial charge in [0.05, 0.1) is 41.8 Å². The molecule has 0 radical (unpaired) electrons. The van der Waals surface area contributed by atoms with Crippen molar-refractivity contribution in [2.24, 2.45) is 11.8 Å². The number of amides is 2. The number of aliphatic hydroxyl groups excluding tert-OH is 1. The second kappa shape index (κ2) is 18.9. The summed E-state index contributed by atoms with van der Waals surface area (Å²) in [5.41, 5.74) is -1.26. The van der Waals surface area contributed by atoms with Crippen molar-refractivity contribution in [2.45, 2.75) is 154 Å². The van der Waals surface area contributed by atoms with Gasteiger partial charge in [0.15, 0.2) is 11.9 Å². The predicted octanol–water partition coefficient (Wildman–Crippen LogP) is 3.38. The minimum absolute atomic E-state index is 0.108. The fraction of sp³-hybridized carbons (Fsp3) is 0.732. The number of nitrogens with zero attached hydrogens (tertiary/aromatic N) is 6. The van der Waals surface area contributed by atoms with Gasteiger partial charge in [-0.1, -0.05) is 25.1 Å². The summed E-state index contributed by atoms with van der Waals surface area (Å²) in [5, 5.41) is 22.9. The van der Waals surface area contributed by atoms with Crippen LogP contribution in [0.25, 0.3) is 11.4 Å². The van der Waals surface area contributed by atoms with Gasteiger partial charge in [-0.05, 0) is 93.0 Å². The number of Topliss-reactive ketones (excluding diaryl/α,β-unsaturated/α-hetero) is 1. The summed E-state index contributed by atoms with van der Waals surface area (Å²) < 4.78 is 32.6. The Kier molecular flexibility index (Phi) is 14.7. The second-order valence-electron chi connectivity index (χ2n) is 16.8. The van der Waals surface area contributed by atoms with Crippen LogP contribution in [-0.4, -0.2) is 146 Å². The van der Waals surface area contributed by atoms with Gasteiger partial charge in [-0.25, -0.2) is 4.79 Å². The second-order valence-corrected chi connectivity index (χ2v) is 16.8. The fourth-order valence-electron chi connectivity index (χ4n) is 8.63. The lowest BCUT2D eigenvalue weighted by Crippen LogP contribution is -2.61. The van der Waals surface area contributed by atoms with E-state index in [0.29, 0.717) is 38.0 Å². The van der Waals surface area contributed by atoms with Crippen molar-refractivity contribution < 1.29 is 48.0 Å². The Labute approximate surface area is 341 Å². The van der Waals surface area contributed by atoms with Crippen LogP contribution in [0.15, 0.2) is 30.6 Å². The van der Waals surface area contributed by atoms with E-state index in [-0.39, 0.29) is 37.3 Å². The van der Waals surface area contributed by atoms with E-state index in [2.05, 4.69) is 20.6 Å². The summed E-state index contributed by atoms with van der Waals surface area (Å²) >= 11 is 0. The molecule has 0 bridgehead atoms. The van der Waals surface area contributed by atoms with Gasteiger partial charge >= 0.3 is 12.1 Å². The van der Waals surface area contributed by atoms with Gasteiger partial charge in [-0.15, -0.1) is 5.10 Å². The molecule has 3 aliphatic rings. The van der Waals surface area contributed by atoms with Crippen LogP contribution in [0.1, 0.15) is 87.0 Å². The Hall–Kier alpha value is -4.03. The SMILES string of the molecule is CC[C@H]1OC(=O)[C@H](C)C(=O)C[C@@H](O[C@@H]2O[C@H](C)CC(N(C)C)C2O)[C@](C)(OC)C[C@@H](C)C(=O)N[C@H](C)[C@H]2N(CCCCn3cc(-c4ccccn4)nn3)C(=O)O[C@]12C. The maximum atomic E-state index is 14.1. The molecule has 58 heavy (non-hydrogen) atoms. The van der Waals surface area contributed by atoms with Crippen molar-refractivity contribution in [3.05, 3.63) is 30.6 Å². The lowest BCUT2D eigenvalue weighted by atomic mass is 9.83. The number of unbranched alkanes of at least 4 members (excludes halogenated alkanes) is 1. The first-order chi connectivity index (χ1) is 27.4. The summed E-state index contributed by atoms with van der Waals surface area (Å²) in [6.45, 7) is 13.0. The molecule has 322 valence electrons. The molecule has 5 rings (SSSR count). The highest BCUT2D eigenvalue weighted by Crippen LogP contribution is 2.39. The molecule has 17 nitrogen and oxygen atoms in total. The highest BCUT2D eigenvalue weighted by molar-refractivity contribution is 5.99. The monoisotopic (exact) mass is 813 g/mol. The molecule has 2 aromatic heterocycles. The van der Waals surface area contributed by atoms with Crippen LogP contribution in [-0.2, 0) is 44.6 Å². The summed E-state index contributed by atoms with van der Waals surface area (Å²) in [7, 11) is 5.20. The zero-order valence-electron chi connectivity index (χ0n) is 35.6. The molecular weight excluding hydrogens is 750 g/mol. The van der Waals surface area contributed by atoms with Gasteiger partial charge < -0.3 is 39.0 Å². The molecule has 5 heterocycles. The number of fused-ring (bicyclic) bond motifs is 1. The molecule has 17 heteroatoms. The number of ether oxygens (including phenoxy) is 5. The van der Waals surface area contributed by atoms with Crippen LogP contribution in [0, 0.1) is 11.8 Å². The van der Waals surface area contributed by atoms with Crippen molar-refractivity contribution in [1.29, 1.82) is 0 Å². The van der Waals surface area contributed by atoms with Gasteiger partial charge in [0.2, 0.25) is 5.91 Å². The molecule has 0 aromatic carbocycles. The number of nitrogens with one attached hydrogen (secondary N) is 1. The number of ketones is 1. The third kappa shape index (κ3) is 9.87. The van der Waals surface area contributed by atoms with Gasteiger partial charge in [0, 0.05) is 44.8 Å².